The van der Waals surface area contributed by atoms with Gasteiger partial charge in [0.25, 0.3) is 0 Å². The van der Waals surface area contributed by atoms with Crippen molar-refractivity contribution >= 4 is 0 Å². The van der Waals surface area contributed by atoms with Crippen molar-refractivity contribution in [3.05, 3.63) is 29.8 Å². The molecule has 0 radical (unpaired) electrons. The molecule has 1 aromatic carbocycles. The van der Waals surface area contributed by atoms with Crippen molar-refractivity contribution in [3.8, 4) is 5.75 Å². The van der Waals surface area contributed by atoms with E-state index in [1.54, 1.807) is 0 Å². The smallest absolute Gasteiger partial charge is 0.119 e. The second kappa shape index (κ2) is 5.35. The summed E-state index contributed by atoms with van der Waals surface area (Å²) in [6, 6.07) is 7.67. The molecule has 4 atom stereocenters. The van der Waals surface area contributed by atoms with Crippen LogP contribution in [0.5, 0.6) is 5.75 Å². The summed E-state index contributed by atoms with van der Waals surface area (Å²) in [5.74, 6) is 0.828. The summed E-state index contributed by atoms with van der Waals surface area (Å²) in [6.07, 6.45) is 2.78. The Morgan fingerprint density at radius 3 is 2.65 bits per heavy atom. The van der Waals surface area contributed by atoms with Crippen LogP contribution in [0.1, 0.15) is 37.9 Å². The SMILES string of the molecule is CCOc1ccc(C(O)C2(CN)CC3CCC2O3)cc1. The molecule has 4 heteroatoms. The monoisotopic (exact) mass is 277 g/mol. The van der Waals surface area contributed by atoms with Crippen molar-refractivity contribution in [1.82, 2.24) is 0 Å². The van der Waals surface area contributed by atoms with Gasteiger partial charge in [-0.3, -0.25) is 0 Å². The van der Waals surface area contributed by atoms with E-state index in [0.717, 1.165) is 30.6 Å². The van der Waals surface area contributed by atoms with Gasteiger partial charge < -0.3 is 20.3 Å². The van der Waals surface area contributed by atoms with E-state index in [2.05, 4.69) is 0 Å². The van der Waals surface area contributed by atoms with Crippen LogP contribution in [0, 0.1) is 5.41 Å². The van der Waals surface area contributed by atoms with Crippen LogP contribution in [-0.4, -0.2) is 30.5 Å². The molecule has 110 valence electrons. The van der Waals surface area contributed by atoms with Crippen molar-refractivity contribution in [3.63, 3.8) is 0 Å². The van der Waals surface area contributed by atoms with Crippen LogP contribution in [0.25, 0.3) is 0 Å². The molecular formula is C16H23NO3. The summed E-state index contributed by atoms with van der Waals surface area (Å²) in [4.78, 5) is 0. The van der Waals surface area contributed by atoms with Crippen LogP contribution < -0.4 is 10.5 Å². The zero-order valence-corrected chi connectivity index (χ0v) is 11.9. The van der Waals surface area contributed by atoms with Gasteiger partial charge in [0.1, 0.15) is 5.75 Å². The largest absolute Gasteiger partial charge is 0.494 e. The predicted octanol–water partition coefficient (Wildman–Crippen LogP) is 2.02. The molecule has 0 aliphatic carbocycles. The lowest BCUT2D eigenvalue weighted by molar-refractivity contribution is -0.0264. The lowest BCUT2D eigenvalue weighted by Gasteiger charge is -2.38. The van der Waals surface area contributed by atoms with Crippen molar-refractivity contribution in [2.24, 2.45) is 11.1 Å². The Kier molecular flexibility index (Phi) is 3.71. The van der Waals surface area contributed by atoms with E-state index < -0.39 is 6.10 Å². The van der Waals surface area contributed by atoms with Gasteiger partial charge >= 0.3 is 0 Å². The van der Waals surface area contributed by atoms with Gasteiger partial charge in [0.05, 0.1) is 24.9 Å². The van der Waals surface area contributed by atoms with Crippen LogP contribution in [0.2, 0.25) is 0 Å². The molecule has 1 aromatic rings. The quantitative estimate of drug-likeness (QED) is 0.864. The normalized spacial score (nSPS) is 33.4. The summed E-state index contributed by atoms with van der Waals surface area (Å²) < 4.78 is 11.4. The molecule has 0 saturated carbocycles. The zero-order valence-electron chi connectivity index (χ0n) is 11.9. The lowest BCUT2D eigenvalue weighted by Crippen LogP contribution is -2.44. The third kappa shape index (κ3) is 2.12. The molecule has 2 aliphatic heterocycles. The van der Waals surface area contributed by atoms with Crippen molar-refractivity contribution in [2.75, 3.05) is 13.2 Å². The molecule has 2 aliphatic rings. The fraction of sp³-hybridized carbons (Fsp3) is 0.625. The molecule has 0 amide bonds. The number of fused-ring (bicyclic) bond motifs is 2. The maximum absolute atomic E-state index is 10.8. The van der Waals surface area contributed by atoms with Crippen molar-refractivity contribution < 1.29 is 14.6 Å². The maximum Gasteiger partial charge on any atom is 0.119 e. The van der Waals surface area contributed by atoms with Gasteiger partial charge in [-0.2, -0.15) is 0 Å². The second-order valence-corrected chi connectivity index (χ2v) is 5.87. The Hall–Kier alpha value is -1.10. The van der Waals surface area contributed by atoms with E-state index in [-0.39, 0.29) is 17.6 Å². The fourth-order valence-corrected chi connectivity index (χ4v) is 3.69. The van der Waals surface area contributed by atoms with E-state index in [1.807, 2.05) is 31.2 Å². The number of hydrogen-bond donors (Lipinski definition) is 2. The third-order valence-electron chi connectivity index (χ3n) is 4.79. The molecule has 2 bridgehead atoms. The minimum atomic E-state index is -0.571. The first-order valence-electron chi connectivity index (χ1n) is 7.46. The highest BCUT2D eigenvalue weighted by Gasteiger charge is 2.55. The van der Waals surface area contributed by atoms with E-state index in [0.29, 0.717) is 13.2 Å². The van der Waals surface area contributed by atoms with Gasteiger partial charge in [-0.15, -0.1) is 0 Å². The number of rotatable bonds is 5. The second-order valence-electron chi connectivity index (χ2n) is 5.87. The highest BCUT2D eigenvalue weighted by Crippen LogP contribution is 2.53. The minimum Gasteiger partial charge on any atom is -0.494 e. The third-order valence-corrected chi connectivity index (χ3v) is 4.79. The predicted molar refractivity (Wildman–Crippen MR) is 76.6 cm³/mol. The molecule has 2 fully saturated rings. The van der Waals surface area contributed by atoms with Crippen LogP contribution >= 0.6 is 0 Å². The van der Waals surface area contributed by atoms with Gasteiger partial charge in [-0.1, -0.05) is 12.1 Å². The number of aliphatic hydroxyl groups excluding tert-OH is 1. The van der Waals surface area contributed by atoms with Crippen molar-refractivity contribution in [2.45, 2.75) is 44.5 Å². The molecule has 3 N–H and O–H groups in total. The zero-order chi connectivity index (χ0) is 14.2. The summed E-state index contributed by atoms with van der Waals surface area (Å²) in [5, 5.41) is 10.8. The van der Waals surface area contributed by atoms with E-state index >= 15 is 0 Å². The first-order chi connectivity index (χ1) is 9.69. The molecule has 4 unspecified atom stereocenters. The minimum absolute atomic E-state index is 0.0964. The van der Waals surface area contributed by atoms with Gasteiger partial charge in [-0.25, -0.2) is 0 Å². The van der Waals surface area contributed by atoms with E-state index in [4.69, 9.17) is 15.2 Å². The Balaban J connectivity index is 1.82. The molecule has 20 heavy (non-hydrogen) atoms. The number of hydrogen-bond acceptors (Lipinski definition) is 4. The Labute approximate surface area is 119 Å². The Morgan fingerprint density at radius 2 is 2.15 bits per heavy atom. The summed E-state index contributed by atoms with van der Waals surface area (Å²) >= 11 is 0. The standard InChI is InChI=1S/C16H23NO3/c1-2-19-12-5-3-11(4-6-12)15(18)16(10-17)9-13-7-8-14(16)20-13/h3-6,13-15,18H,2,7-10,17H2,1H3. The van der Waals surface area contributed by atoms with Crippen molar-refractivity contribution in [1.29, 1.82) is 0 Å². The van der Waals surface area contributed by atoms with Gasteiger partial charge in [0.15, 0.2) is 0 Å². The average Bonchev–Trinajstić information content (AvgIpc) is 3.09. The highest BCUT2D eigenvalue weighted by atomic mass is 16.5. The van der Waals surface area contributed by atoms with E-state index in [1.165, 1.54) is 0 Å². The van der Waals surface area contributed by atoms with Gasteiger partial charge in [-0.05, 0) is 43.9 Å². The topological polar surface area (TPSA) is 64.7 Å². The van der Waals surface area contributed by atoms with Crippen LogP contribution in [0.15, 0.2) is 24.3 Å². The molecule has 0 aromatic heterocycles. The first-order valence-corrected chi connectivity index (χ1v) is 7.46. The molecule has 2 heterocycles. The summed E-state index contributed by atoms with van der Waals surface area (Å²) in [5.41, 5.74) is 6.58. The summed E-state index contributed by atoms with van der Waals surface area (Å²) in [6.45, 7) is 3.06. The molecule has 0 spiro atoms. The number of benzene rings is 1. The number of aliphatic hydroxyl groups is 1. The lowest BCUT2D eigenvalue weighted by atomic mass is 9.68. The van der Waals surface area contributed by atoms with Crippen LogP contribution in [0.3, 0.4) is 0 Å². The Bertz CT molecular complexity index is 461. The van der Waals surface area contributed by atoms with E-state index in [9.17, 15) is 5.11 Å². The van der Waals surface area contributed by atoms with Gasteiger partial charge in [0.2, 0.25) is 0 Å². The molecule has 2 saturated heterocycles. The number of ether oxygens (including phenoxy) is 2. The maximum atomic E-state index is 10.8. The first kappa shape index (κ1) is 13.9. The van der Waals surface area contributed by atoms with Gasteiger partial charge in [0, 0.05) is 12.0 Å². The molecular weight excluding hydrogens is 254 g/mol. The fourth-order valence-electron chi connectivity index (χ4n) is 3.69. The van der Waals surface area contributed by atoms with Crippen LogP contribution in [0.4, 0.5) is 0 Å². The molecule has 4 nitrogen and oxygen atoms in total. The Morgan fingerprint density at radius 1 is 1.40 bits per heavy atom. The number of nitrogens with two attached hydrogens (primary N) is 1. The van der Waals surface area contributed by atoms with Crippen LogP contribution in [-0.2, 0) is 4.74 Å². The molecule has 3 rings (SSSR count). The highest BCUT2D eigenvalue weighted by molar-refractivity contribution is 5.30. The summed E-state index contributed by atoms with van der Waals surface area (Å²) in [7, 11) is 0. The average molecular weight is 277 g/mol.